The summed E-state index contributed by atoms with van der Waals surface area (Å²) < 4.78 is 11.3. The van der Waals surface area contributed by atoms with E-state index in [1.54, 1.807) is 30.5 Å². The molecule has 176 valence electrons. The highest BCUT2D eigenvalue weighted by Gasteiger charge is 2.15. The smallest absolute Gasteiger partial charge is 0.267 e. The van der Waals surface area contributed by atoms with Gasteiger partial charge in [0.1, 0.15) is 5.75 Å². The van der Waals surface area contributed by atoms with E-state index >= 15 is 0 Å². The molecule has 0 atom stereocenters. The van der Waals surface area contributed by atoms with E-state index in [1.165, 1.54) is 18.9 Å². The van der Waals surface area contributed by atoms with E-state index in [1.807, 2.05) is 12.1 Å². The number of methoxy groups -OCH3 is 1. The highest BCUT2D eigenvalue weighted by molar-refractivity contribution is 5.98. The summed E-state index contributed by atoms with van der Waals surface area (Å²) >= 11 is 0. The second-order valence-corrected chi connectivity index (χ2v) is 7.85. The van der Waals surface area contributed by atoms with E-state index in [2.05, 4.69) is 56.2 Å². The fourth-order valence-corrected chi connectivity index (χ4v) is 3.52. The Balaban J connectivity index is 1.47. The van der Waals surface area contributed by atoms with Crippen LogP contribution in [0.4, 0.5) is 23.0 Å². The third-order valence-electron chi connectivity index (χ3n) is 5.44. The van der Waals surface area contributed by atoms with Crippen LogP contribution in [-0.2, 0) is 4.79 Å². The topological polar surface area (TPSA) is 91.8 Å². The number of ether oxygens (including phenoxy) is 2. The fourth-order valence-electron chi connectivity index (χ4n) is 3.52. The molecule has 1 aliphatic rings. The maximum absolute atomic E-state index is 11.6. The Kier molecular flexibility index (Phi) is 7.24. The van der Waals surface area contributed by atoms with Gasteiger partial charge in [-0.05, 0) is 49.5 Å². The summed E-state index contributed by atoms with van der Waals surface area (Å²) in [6.45, 7) is 7.62. The molecule has 1 amide bonds. The van der Waals surface area contributed by atoms with Crippen LogP contribution in [0.15, 0.2) is 67.4 Å². The predicted octanol–water partition coefficient (Wildman–Crippen LogP) is 3.90. The van der Waals surface area contributed by atoms with Gasteiger partial charge < -0.3 is 29.9 Å². The van der Waals surface area contributed by atoms with Gasteiger partial charge in [-0.2, -0.15) is 4.98 Å². The van der Waals surface area contributed by atoms with Crippen molar-refractivity contribution in [3.05, 3.63) is 67.4 Å². The molecular weight excluding hydrogens is 432 g/mol. The second-order valence-electron chi connectivity index (χ2n) is 7.85. The summed E-state index contributed by atoms with van der Waals surface area (Å²) in [6, 6.07) is 15.2. The predicted molar refractivity (Wildman–Crippen MR) is 133 cm³/mol. The Hall–Kier alpha value is -4.11. The van der Waals surface area contributed by atoms with Crippen molar-refractivity contribution in [2.45, 2.75) is 0 Å². The van der Waals surface area contributed by atoms with Crippen LogP contribution in [0.5, 0.6) is 17.4 Å². The summed E-state index contributed by atoms with van der Waals surface area (Å²) in [6.07, 6.45) is 2.75. The van der Waals surface area contributed by atoms with Gasteiger partial charge in [0, 0.05) is 49.3 Å². The van der Waals surface area contributed by atoms with E-state index < -0.39 is 0 Å². The molecule has 1 aromatic heterocycles. The molecule has 9 heteroatoms. The molecular formula is C25H28N6O3. The summed E-state index contributed by atoms with van der Waals surface area (Å²) in [4.78, 5) is 25.1. The van der Waals surface area contributed by atoms with E-state index in [0.29, 0.717) is 23.1 Å². The molecule has 0 saturated carbocycles. The van der Waals surface area contributed by atoms with Crippen molar-refractivity contribution in [3.8, 4) is 17.4 Å². The van der Waals surface area contributed by atoms with Crippen molar-refractivity contribution >= 4 is 28.9 Å². The maximum atomic E-state index is 11.6. The number of amides is 1. The van der Waals surface area contributed by atoms with Gasteiger partial charge in [0.05, 0.1) is 13.3 Å². The van der Waals surface area contributed by atoms with Crippen LogP contribution in [0.2, 0.25) is 0 Å². The Morgan fingerprint density at radius 1 is 1.09 bits per heavy atom. The van der Waals surface area contributed by atoms with Crippen LogP contribution in [0, 0.1) is 0 Å². The lowest BCUT2D eigenvalue weighted by molar-refractivity contribution is -0.111. The van der Waals surface area contributed by atoms with Crippen LogP contribution in [0.25, 0.3) is 0 Å². The van der Waals surface area contributed by atoms with Crippen LogP contribution in [0.3, 0.4) is 0 Å². The SMILES string of the molecule is C=CC(=O)Nc1cccc(Oc2nc(Nc3ccc(N4CCN(C)CC4)cc3)ncc2OC)c1. The number of rotatable bonds is 8. The molecule has 0 aliphatic carbocycles. The molecule has 3 aromatic rings. The molecule has 2 N–H and O–H groups in total. The minimum atomic E-state index is -0.304. The maximum Gasteiger partial charge on any atom is 0.267 e. The molecule has 2 heterocycles. The summed E-state index contributed by atoms with van der Waals surface area (Å²) in [7, 11) is 3.67. The van der Waals surface area contributed by atoms with E-state index in [9.17, 15) is 4.79 Å². The summed E-state index contributed by atoms with van der Waals surface area (Å²) in [5, 5.41) is 5.91. The lowest BCUT2D eigenvalue weighted by Crippen LogP contribution is -2.44. The Morgan fingerprint density at radius 3 is 2.56 bits per heavy atom. The zero-order valence-electron chi connectivity index (χ0n) is 19.3. The van der Waals surface area contributed by atoms with E-state index in [4.69, 9.17) is 9.47 Å². The van der Waals surface area contributed by atoms with Crippen molar-refractivity contribution in [1.82, 2.24) is 14.9 Å². The first kappa shape index (κ1) is 23.1. The number of aromatic nitrogens is 2. The highest BCUT2D eigenvalue weighted by atomic mass is 16.5. The van der Waals surface area contributed by atoms with Crippen molar-refractivity contribution < 1.29 is 14.3 Å². The van der Waals surface area contributed by atoms with Gasteiger partial charge in [-0.25, -0.2) is 4.98 Å². The monoisotopic (exact) mass is 460 g/mol. The average Bonchev–Trinajstić information content (AvgIpc) is 2.85. The molecule has 9 nitrogen and oxygen atoms in total. The van der Waals surface area contributed by atoms with Crippen LogP contribution in [0.1, 0.15) is 0 Å². The van der Waals surface area contributed by atoms with Crippen molar-refractivity contribution in [1.29, 1.82) is 0 Å². The lowest BCUT2D eigenvalue weighted by Gasteiger charge is -2.34. The van der Waals surface area contributed by atoms with Gasteiger partial charge in [0.25, 0.3) is 5.88 Å². The van der Waals surface area contributed by atoms with Crippen molar-refractivity contribution in [2.75, 3.05) is 55.9 Å². The lowest BCUT2D eigenvalue weighted by atomic mass is 10.2. The molecule has 4 rings (SSSR count). The normalized spacial score (nSPS) is 13.8. The third-order valence-corrected chi connectivity index (χ3v) is 5.44. The largest absolute Gasteiger partial charge is 0.490 e. The zero-order valence-corrected chi connectivity index (χ0v) is 19.3. The number of piperazine rings is 1. The molecule has 34 heavy (non-hydrogen) atoms. The van der Waals surface area contributed by atoms with Gasteiger partial charge in [-0.15, -0.1) is 0 Å². The Morgan fingerprint density at radius 2 is 1.85 bits per heavy atom. The first-order chi connectivity index (χ1) is 16.5. The molecule has 1 fully saturated rings. The molecule has 1 aliphatic heterocycles. The quantitative estimate of drug-likeness (QED) is 0.489. The Bertz CT molecular complexity index is 1140. The number of anilines is 4. The zero-order chi connectivity index (χ0) is 23.9. The van der Waals surface area contributed by atoms with Crippen molar-refractivity contribution in [3.63, 3.8) is 0 Å². The number of carbonyl (C=O) groups excluding carboxylic acids is 1. The van der Waals surface area contributed by atoms with E-state index in [0.717, 1.165) is 31.9 Å². The standard InChI is InChI=1S/C25H28N6O3/c1-4-23(32)27-19-6-5-7-21(16-19)34-24-22(33-3)17-26-25(29-24)28-18-8-10-20(11-9-18)31-14-12-30(2)13-15-31/h4-11,16-17H,1,12-15H2,2-3H3,(H,27,32)(H,26,28,29). The highest BCUT2D eigenvalue weighted by Crippen LogP contribution is 2.31. The summed E-state index contributed by atoms with van der Waals surface area (Å²) in [5.74, 6) is 1.19. The van der Waals surface area contributed by atoms with Gasteiger partial charge in [-0.3, -0.25) is 4.79 Å². The van der Waals surface area contributed by atoms with Crippen LogP contribution < -0.4 is 25.0 Å². The molecule has 1 saturated heterocycles. The Labute approximate surface area is 199 Å². The number of nitrogens with one attached hydrogen (secondary N) is 2. The van der Waals surface area contributed by atoms with Gasteiger partial charge in [-0.1, -0.05) is 12.6 Å². The number of likely N-dealkylation sites (N-methyl/N-ethyl adjacent to an activating group) is 1. The number of nitrogens with zero attached hydrogens (tertiary/aromatic N) is 4. The molecule has 0 unspecified atom stereocenters. The molecule has 0 spiro atoms. The van der Waals surface area contributed by atoms with Gasteiger partial charge >= 0.3 is 0 Å². The molecule has 0 radical (unpaired) electrons. The minimum absolute atomic E-state index is 0.251. The van der Waals surface area contributed by atoms with Gasteiger partial charge in [0.2, 0.25) is 11.9 Å². The second kappa shape index (κ2) is 10.7. The number of hydrogen-bond acceptors (Lipinski definition) is 8. The van der Waals surface area contributed by atoms with Crippen LogP contribution >= 0.6 is 0 Å². The molecule has 0 bridgehead atoms. The minimum Gasteiger partial charge on any atom is -0.490 e. The number of carbonyl (C=O) groups is 1. The first-order valence-corrected chi connectivity index (χ1v) is 11.0. The van der Waals surface area contributed by atoms with Gasteiger partial charge in [0.15, 0.2) is 5.75 Å². The van der Waals surface area contributed by atoms with E-state index in [-0.39, 0.29) is 11.8 Å². The first-order valence-electron chi connectivity index (χ1n) is 11.0. The summed E-state index contributed by atoms with van der Waals surface area (Å²) in [5.41, 5.74) is 2.64. The fraction of sp³-hybridized carbons (Fsp3) is 0.240. The van der Waals surface area contributed by atoms with Crippen molar-refractivity contribution in [2.24, 2.45) is 0 Å². The number of hydrogen-bond donors (Lipinski definition) is 2. The third kappa shape index (κ3) is 5.81. The molecule has 2 aromatic carbocycles. The average molecular weight is 461 g/mol. The van der Waals surface area contributed by atoms with Crippen LogP contribution in [-0.4, -0.2) is 61.1 Å². The number of benzene rings is 2.